The molecule has 0 saturated carbocycles. The highest BCUT2D eigenvalue weighted by molar-refractivity contribution is 8.18. The first-order chi connectivity index (χ1) is 8.83. The van der Waals surface area contributed by atoms with E-state index in [2.05, 4.69) is 9.89 Å². The van der Waals surface area contributed by atoms with Crippen LogP contribution in [-0.4, -0.2) is 42.3 Å². The van der Waals surface area contributed by atoms with Crippen LogP contribution in [0.25, 0.3) is 6.08 Å². The second-order valence-corrected chi connectivity index (χ2v) is 5.76. The standard InChI is InChI=1S/C12H12N2O2S2/c15-11-10(7-9-1-6-17-8-9)18-12(13-11)14-2-4-16-5-3-14/h1,6-8H,2-5H2/b10-7+. The molecule has 2 aliphatic rings. The number of thioether (sulfide) groups is 1. The number of amidine groups is 1. The van der Waals surface area contributed by atoms with Crippen molar-refractivity contribution in [2.45, 2.75) is 0 Å². The Kier molecular flexibility index (Phi) is 3.49. The zero-order valence-corrected chi connectivity index (χ0v) is 11.3. The summed E-state index contributed by atoms with van der Waals surface area (Å²) in [6, 6.07) is 2.00. The minimum Gasteiger partial charge on any atom is -0.378 e. The van der Waals surface area contributed by atoms with Crippen molar-refractivity contribution in [3.63, 3.8) is 0 Å². The second-order valence-electron chi connectivity index (χ2n) is 3.97. The molecule has 6 heteroatoms. The molecule has 1 aromatic heterocycles. The molecule has 94 valence electrons. The summed E-state index contributed by atoms with van der Waals surface area (Å²) in [6.45, 7) is 3.03. The third-order valence-electron chi connectivity index (χ3n) is 2.73. The summed E-state index contributed by atoms with van der Waals surface area (Å²) in [7, 11) is 0. The van der Waals surface area contributed by atoms with Crippen molar-refractivity contribution in [1.82, 2.24) is 4.90 Å². The Morgan fingerprint density at radius 1 is 1.39 bits per heavy atom. The Morgan fingerprint density at radius 2 is 2.22 bits per heavy atom. The van der Waals surface area contributed by atoms with Gasteiger partial charge in [0.2, 0.25) is 0 Å². The highest BCUT2D eigenvalue weighted by atomic mass is 32.2. The number of rotatable bonds is 1. The molecule has 18 heavy (non-hydrogen) atoms. The van der Waals surface area contributed by atoms with Crippen molar-refractivity contribution in [2.75, 3.05) is 26.3 Å². The molecule has 0 N–H and O–H groups in total. The topological polar surface area (TPSA) is 41.9 Å². The van der Waals surface area contributed by atoms with Crippen LogP contribution in [0.1, 0.15) is 5.56 Å². The molecule has 2 aliphatic heterocycles. The smallest absolute Gasteiger partial charge is 0.286 e. The molecule has 3 rings (SSSR count). The fourth-order valence-electron chi connectivity index (χ4n) is 1.80. The van der Waals surface area contributed by atoms with Crippen LogP contribution in [-0.2, 0) is 9.53 Å². The number of amides is 1. The molecule has 3 heterocycles. The van der Waals surface area contributed by atoms with E-state index in [1.165, 1.54) is 11.8 Å². The van der Waals surface area contributed by atoms with Crippen molar-refractivity contribution in [2.24, 2.45) is 4.99 Å². The van der Waals surface area contributed by atoms with Gasteiger partial charge < -0.3 is 9.64 Å². The van der Waals surface area contributed by atoms with Crippen LogP contribution in [0.2, 0.25) is 0 Å². The molecule has 0 aromatic carbocycles. The molecule has 0 atom stereocenters. The zero-order valence-electron chi connectivity index (χ0n) is 9.67. The first-order valence-corrected chi connectivity index (χ1v) is 7.46. The van der Waals surface area contributed by atoms with E-state index in [0.29, 0.717) is 18.1 Å². The van der Waals surface area contributed by atoms with E-state index in [1.807, 2.05) is 22.9 Å². The highest BCUT2D eigenvalue weighted by Gasteiger charge is 2.26. The lowest BCUT2D eigenvalue weighted by Gasteiger charge is -2.27. The van der Waals surface area contributed by atoms with Crippen molar-refractivity contribution in [3.8, 4) is 0 Å². The summed E-state index contributed by atoms with van der Waals surface area (Å²) in [5.74, 6) is -0.132. The van der Waals surface area contributed by atoms with Crippen molar-refractivity contribution >= 4 is 40.2 Å². The number of carbonyl (C=O) groups excluding carboxylic acids is 1. The van der Waals surface area contributed by atoms with Gasteiger partial charge in [0, 0.05) is 13.1 Å². The second kappa shape index (κ2) is 5.26. The summed E-state index contributed by atoms with van der Waals surface area (Å²) in [4.78, 5) is 18.8. The van der Waals surface area contributed by atoms with E-state index >= 15 is 0 Å². The van der Waals surface area contributed by atoms with E-state index in [1.54, 1.807) is 11.3 Å². The van der Waals surface area contributed by atoms with Gasteiger partial charge in [-0.05, 0) is 40.2 Å². The Morgan fingerprint density at radius 3 is 2.94 bits per heavy atom. The molecule has 0 radical (unpaired) electrons. The maximum absolute atomic E-state index is 11.8. The Bertz CT molecular complexity index is 502. The molecule has 1 aromatic rings. The highest BCUT2D eigenvalue weighted by Crippen LogP contribution is 2.30. The molecular formula is C12H12N2O2S2. The van der Waals surface area contributed by atoms with Gasteiger partial charge in [0.1, 0.15) is 0 Å². The van der Waals surface area contributed by atoms with Crippen molar-refractivity contribution in [1.29, 1.82) is 0 Å². The van der Waals surface area contributed by atoms with Gasteiger partial charge in [0.05, 0.1) is 18.1 Å². The van der Waals surface area contributed by atoms with Crippen LogP contribution in [0.5, 0.6) is 0 Å². The lowest BCUT2D eigenvalue weighted by molar-refractivity contribution is -0.113. The Labute approximate surface area is 113 Å². The number of ether oxygens (including phenoxy) is 1. The molecule has 1 saturated heterocycles. The van der Waals surface area contributed by atoms with E-state index in [4.69, 9.17) is 4.74 Å². The summed E-state index contributed by atoms with van der Waals surface area (Å²) in [5.41, 5.74) is 1.06. The maximum Gasteiger partial charge on any atom is 0.286 e. The average molecular weight is 280 g/mol. The molecule has 0 unspecified atom stereocenters. The van der Waals surface area contributed by atoms with Gasteiger partial charge >= 0.3 is 0 Å². The first kappa shape index (κ1) is 12.0. The zero-order chi connectivity index (χ0) is 12.4. The van der Waals surface area contributed by atoms with Crippen molar-refractivity contribution < 1.29 is 9.53 Å². The number of aliphatic imine (C=N–C) groups is 1. The molecule has 1 amide bonds. The van der Waals surface area contributed by atoms with Crippen LogP contribution < -0.4 is 0 Å². The summed E-state index contributed by atoms with van der Waals surface area (Å²) < 4.78 is 5.29. The van der Waals surface area contributed by atoms with Gasteiger partial charge in [-0.3, -0.25) is 4.79 Å². The first-order valence-electron chi connectivity index (χ1n) is 5.70. The van der Waals surface area contributed by atoms with E-state index in [0.717, 1.165) is 23.8 Å². The quantitative estimate of drug-likeness (QED) is 0.738. The van der Waals surface area contributed by atoms with E-state index in [9.17, 15) is 4.79 Å². The number of nitrogens with zero attached hydrogens (tertiary/aromatic N) is 2. The number of carbonyl (C=O) groups is 1. The Hall–Kier alpha value is -1.11. The number of hydrogen-bond donors (Lipinski definition) is 0. The molecule has 0 spiro atoms. The third-order valence-corrected chi connectivity index (χ3v) is 4.48. The molecule has 0 bridgehead atoms. The lowest BCUT2D eigenvalue weighted by Crippen LogP contribution is -2.38. The molecule has 0 aliphatic carbocycles. The van der Waals surface area contributed by atoms with Gasteiger partial charge in [-0.15, -0.1) is 0 Å². The SMILES string of the molecule is O=C1N=C(N2CCOCC2)S/C1=C/c1ccsc1. The number of thiophene rings is 1. The summed E-state index contributed by atoms with van der Waals surface area (Å²) in [6.07, 6.45) is 1.90. The fraction of sp³-hybridized carbons (Fsp3) is 0.333. The predicted octanol–water partition coefficient (Wildman–Crippen LogP) is 2.05. The van der Waals surface area contributed by atoms with E-state index < -0.39 is 0 Å². The normalized spacial score (nSPS) is 22.7. The monoisotopic (exact) mass is 280 g/mol. The van der Waals surface area contributed by atoms with Gasteiger partial charge in [-0.2, -0.15) is 16.3 Å². The Balaban J connectivity index is 1.74. The minimum absolute atomic E-state index is 0.132. The van der Waals surface area contributed by atoms with Gasteiger partial charge in [-0.25, -0.2) is 0 Å². The molecule has 4 nitrogen and oxygen atoms in total. The van der Waals surface area contributed by atoms with Crippen LogP contribution in [0, 0.1) is 0 Å². The summed E-state index contributed by atoms with van der Waals surface area (Å²) in [5, 5.41) is 4.83. The third kappa shape index (κ3) is 2.50. The summed E-state index contributed by atoms with van der Waals surface area (Å²) >= 11 is 3.08. The largest absolute Gasteiger partial charge is 0.378 e. The molecular weight excluding hydrogens is 268 g/mol. The van der Waals surface area contributed by atoms with Crippen LogP contribution in [0.4, 0.5) is 0 Å². The van der Waals surface area contributed by atoms with Crippen molar-refractivity contribution in [3.05, 3.63) is 27.3 Å². The van der Waals surface area contributed by atoms with Gasteiger partial charge in [0.15, 0.2) is 5.17 Å². The van der Waals surface area contributed by atoms with E-state index in [-0.39, 0.29) is 5.91 Å². The maximum atomic E-state index is 11.8. The van der Waals surface area contributed by atoms with Crippen LogP contribution in [0.15, 0.2) is 26.7 Å². The van der Waals surface area contributed by atoms with Gasteiger partial charge in [0.25, 0.3) is 5.91 Å². The number of morpholine rings is 1. The lowest BCUT2D eigenvalue weighted by atomic mass is 10.3. The van der Waals surface area contributed by atoms with Crippen LogP contribution >= 0.6 is 23.1 Å². The fourth-order valence-corrected chi connectivity index (χ4v) is 3.38. The molecule has 1 fully saturated rings. The van der Waals surface area contributed by atoms with Crippen LogP contribution in [0.3, 0.4) is 0 Å². The average Bonchev–Trinajstić information content (AvgIpc) is 3.02. The predicted molar refractivity (Wildman–Crippen MR) is 74.7 cm³/mol. The van der Waals surface area contributed by atoms with Gasteiger partial charge in [-0.1, -0.05) is 0 Å². The minimum atomic E-state index is -0.132. The number of hydrogen-bond acceptors (Lipinski definition) is 5.